The number of carbonyl (C=O) groups is 2. The highest BCUT2D eigenvalue weighted by Gasteiger charge is 2.55. The zero-order valence-corrected chi connectivity index (χ0v) is 29.2. The van der Waals surface area contributed by atoms with E-state index in [4.69, 9.17) is 10.1 Å². The van der Waals surface area contributed by atoms with Crippen LogP contribution in [0, 0.1) is 28.9 Å². The molecule has 3 fully saturated rings. The molecule has 3 aliphatic rings. The molecule has 6 rings (SSSR count). The molecular weight excluding hydrogens is 742 g/mol. The molecule has 0 spiro atoms. The van der Waals surface area contributed by atoms with E-state index in [1.807, 2.05) is 4.90 Å². The van der Waals surface area contributed by atoms with Crippen LogP contribution in [-0.2, 0) is 39.6 Å². The largest absolute Gasteiger partial charge is 0.505 e. The minimum Gasteiger partial charge on any atom is -0.505 e. The van der Waals surface area contributed by atoms with Gasteiger partial charge in [0.15, 0.2) is 23.2 Å². The van der Waals surface area contributed by atoms with Crippen LogP contribution in [-0.4, -0.2) is 87.3 Å². The summed E-state index contributed by atoms with van der Waals surface area (Å²) in [5.41, 5.74) is -6.46. The van der Waals surface area contributed by atoms with Crippen LogP contribution in [0.3, 0.4) is 0 Å². The van der Waals surface area contributed by atoms with Gasteiger partial charge < -0.3 is 15.3 Å². The second kappa shape index (κ2) is 15.2. The van der Waals surface area contributed by atoms with Crippen LogP contribution in [0.4, 0.5) is 35.1 Å². The number of ketones is 1. The van der Waals surface area contributed by atoms with E-state index < -0.39 is 82.5 Å². The van der Waals surface area contributed by atoms with Crippen LogP contribution < -0.4 is 0 Å². The molecule has 1 amide bonds. The van der Waals surface area contributed by atoms with E-state index in [0.29, 0.717) is 57.5 Å². The number of rotatable bonds is 7. The zero-order chi connectivity index (χ0) is 39.9. The highest BCUT2D eigenvalue weighted by atomic mass is 19.4. The lowest BCUT2D eigenvalue weighted by atomic mass is 9.84. The number of hydrogen-bond acceptors (Lipinski definition) is 8. The fraction of sp³-hybridized carbons (Fsp3) is 0.368. The number of allylic oxidation sites excluding steroid dienone is 1. The van der Waals surface area contributed by atoms with E-state index >= 15 is 8.78 Å². The summed E-state index contributed by atoms with van der Waals surface area (Å²) < 4.78 is 117. The number of aliphatic hydroxyl groups is 1. The summed E-state index contributed by atoms with van der Waals surface area (Å²) in [5, 5.41) is 22.4. The standard InChI is InChI=1S/C38H33F8N5O4/c1-36-11-3-13-51(36)50(21-25-6-5-22(31(39)32(25)40)4-2-12-49-14-16-55-17-15-49)35(54)30(34(36)53)33(52)28(47)18-23-7-9-26(37(41,42)43)19-27(23)24-8-10-29(48-20-24)38(44,45)46/h5-10,19-20,47,52H,3,11-18,21H2,1H3. The van der Waals surface area contributed by atoms with Crippen molar-refractivity contribution in [3.8, 4) is 23.0 Å². The number of aliphatic hydroxyl groups excluding tert-OH is 1. The van der Waals surface area contributed by atoms with Crippen LogP contribution in [0.1, 0.15) is 47.7 Å². The summed E-state index contributed by atoms with van der Waals surface area (Å²) >= 11 is 0. The molecule has 4 heterocycles. The van der Waals surface area contributed by atoms with Crippen molar-refractivity contribution in [3.63, 3.8) is 0 Å². The molecule has 55 heavy (non-hydrogen) atoms. The zero-order valence-electron chi connectivity index (χ0n) is 29.2. The Balaban J connectivity index is 1.30. The summed E-state index contributed by atoms with van der Waals surface area (Å²) in [6.45, 7) is 3.78. The van der Waals surface area contributed by atoms with Gasteiger partial charge in [-0.05, 0) is 55.2 Å². The fourth-order valence-corrected chi connectivity index (χ4v) is 6.83. The summed E-state index contributed by atoms with van der Waals surface area (Å²) in [7, 11) is 0. The van der Waals surface area contributed by atoms with Gasteiger partial charge in [-0.2, -0.15) is 26.3 Å². The van der Waals surface area contributed by atoms with Gasteiger partial charge in [-0.3, -0.25) is 24.5 Å². The number of hydrazine groups is 1. The number of nitrogens with one attached hydrogen (secondary N) is 1. The van der Waals surface area contributed by atoms with Gasteiger partial charge in [-0.15, -0.1) is 0 Å². The van der Waals surface area contributed by atoms with E-state index in [1.54, 1.807) is 0 Å². The summed E-state index contributed by atoms with van der Waals surface area (Å²) in [6.07, 6.45) is -9.03. The number of Topliss-reactive ketones (excluding diaryl/α,β-unsaturated/α-hetero) is 1. The summed E-state index contributed by atoms with van der Waals surface area (Å²) in [5.74, 6) is -0.154. The number of amides is 1. The quantitative estimate of drug-likeness (QED) is 0.0705. The first-order valence-electron chi connectivity index (χ1n) is 17.0. The number of benzene rings is 2. The molecule has 9 nitrogen and oxygen atoms in total. The lowest BCUT2D eigenvalue weighted by molar-refractivity contribution is -0.168. The third-order valence-electron chi connectivity index (χ3n) is 9.86. The maximum absolute atomic E-state index is 15.5. The first-order chi connectivity index (χ1) is 25.9. The Morgan fingerprint density at radius 2 is 1.67 bits per heavy atom. The van der Waals surface area contributed by atoms with Gasteiger partial charge >= 0.3 is 12.4 Å². The van der Waals surface area contributed by atoms with Crippen molar-refractivity contribution in [2.75, 3.05) is 39.4 Å². The second-order valence-electron chi connectivity index (χ2n) is 13.5. The molecule has 0 radical (unpaired) electrons. The Hall–Kier alpha value is -5.18. The van der Waals surface area contributed by atoms with E-state index in [9.17, 15) is 41.0 Å². The van der Waals surface area contributed by atoms with Crippen molar-refractivity contribution in [1.82, 2.24) is 19.9 Å². The monoisotopic (exact) mass is 775 g/mol. The van der Waals surface area contributed by atoms with Crippen molar-refractivity contribution in [3.05, 3.63) is 99.6 Å². The predicted molar refractivity (Wildman–Crippen MR) is 181 cm³/mol. The lowest BCUT2D eigenvalue weighted by Crippen LogP contribution is -2.64. The number of hydrogen-bond donors (Lipinski definition) is 2. The van der Waals surface area contributed by atoms with Crippen LogP contribution in [0.15, 0.2) is 60.0 Å². The number of fused-ring (bicyclic) bond motifs is 1. The number of carbonyl (C=O) groups excluding carboxylic acids is 2. The normalized spacial score (nSPS) is 20.6. The molecule has 17 heteroatoms. The molecular formula is C38H33F8N5O4. The van der Waals surface area contributed by atoms with Gasteiger partial charge in [-0.1, -0.05) is 30.0 Å². The van der Waals surface area contributed by atoms with Gasteiger partial charge in [0.25, 0.3) is 5.91 Å². The Kier molecular flexibility index (Phi) is 10.9. The molecule has 2 aromatic carbocycles. The highest BCUT2D eigenvalue weighted by Crippen LogP contribution is 2.41. The Morgan fingerprint density at radius 3 is 2.33 bits per heavy atom. The molecule has 0 aliphatic carbocycles. The first-order valence-corrected chi connectivity index (χ1v) is 17.0. The number of alkyl halides is 6. The topological polar surface area (TPSA) is 110 Å². The SMILES string of the molecule is CC12CCCN1N(Cc1ccc(C#CCN3CCOCC3)c(F)c1F)C(=O)C(=C(O)C(=N)Cc1ccc(C(F)(F)F)cc1-c1ccc(C(F)(F)F)nc1)C2=O. The molecule has 3 aliphatic heterocycles. The Bertz CT molecular complexity index is 2120. The Labute approximate surface area is 309 Å². The fourth-order valence-electron chi connectivity index (χ4n) is 6.83. The molecule has 290 valence electrons. The van der Waals surface area contributed by atoms with E-state index in [-0.39, 0.29) is 40.8 Å². The van der Waals surface area contributed by atoms with E-state index in [0.717, 1.165) is 23.3 Å². The minimum absolute atomic E-state index is 0.0707. The second-order valence-corrected chi connectivity index (χ2v) is 13.5. The average Bonchev–Trinajstić information content (AvgIpc) is 3.55. The van der Waals surface area contributed by atoms with Crippen molar-refractivity contribution in [2.24, 2.45) is 0 Å². The van der Waals surface area contributed by atoms with Crippen LogP contribution >= 0.6 is 0 Å². The van der Waals surface area contributed by atoms with Crippen LogP contribution in [0.25, 0.3) is 11.1 Å². The number of pyridine rings is 1. The minimum atomic E-state index is -4.85. The maximum Gasteiger partial charge on any atom is 0.433 e. The van der Waals surface area contributed by atoms with Crippen LogP contribution in [0.2, 0.25) is 0 Å². The summed E-state index contributed by atoms with van der Waals surface area (Å²) in [6, 6.07) is 6.30. The molecule has 0 bridgehead atoms. The summed E-state index contributed by atoms with van der Waals surface area (Å²) in [4.78, 5) is 33.2. The number of ether oxygens (including phenoxy) is 1. The average molecular weight is 776 g/mol. The molecule has 0 saturated carbocycles. The van der Waals surface area contributed by atoms with Gasteiger partial charge in [0.2, 0.25) is 0 Å². The van der Waals surface area contributed by atoms with Crippen molar-refractivity contribution in [2.45, 2.75) is 50.6 Å². The maximum atomic E-state index is 15.5. The smallest absolute Gasteiger partial charge is 0.433 e. The van der Waals surface area contributed by atoms with Gasteiger partial charge in [-0.25, -0.2) is 13.8 Å². The first kappa shape index (κ1) is 39.5. The molecule has 1 aromatic heterocycles. The molecule has 1 atom stereocenters. The number of nitrogens with zero attached hydrogens (tertiary/aromatic N) is 4. The molecule has 2 N–H and O–H groups in total. The van der Waals surface area contributed by atoms with E-state index in [1.165, 1.54) is 24.1 Å². The lowest BCUT2D eigenvalue weighted by Gasteiger charge is -2.46. The van der Waals surface area contributed by atoms with Gasteiger partial charge in [0, 0.05) is 43.4 Å². The number of aromatic nitrogens is 1. The van der Waals surface area contributed by atoms with Crippen molar-refractivity contribution in [1.29, 1.82) is 5.41 Å². The van der Waals surface area contributed by atoms with Crippen molar-refractivity contribution < 1.29 is 54.6 Å². The molecule has 3 saturated heterocycles. The predicted octanol–water partition coefficient (Wildman–Crippen LogP) is 6.50. The van der Waals surface area contributed by atoms with Gasteiger partial charge in [0.1, 0.15) is 16.8 Å². The van der Waals surface area contributed by atoms with Crippen molar-refractivity contribution >= 4 is 17.4 Å². The number of morpholine rings is 1. The van der Waals surface area contributed by atoms with E-state index in [2.05, 4.69) is 16.8 Å². The molecule has 3 aromatic rings. The number of halogens is 8. The van der Waals surface area contributed by atoms with Gasteiger partial charge in [0.05, 0.1) is 43.1 Å². The highest BCUT2D eigenvalue weighted by molar-refractivity contribution is 6.27. The molecule has 1 unspecified atom stereocenters. The Morgan fingerprint density at radius 1 is 0.964 bits per heavy atom. The third-order valence-corrected chi connectivity index (χ3v) is 9.86. The third kappa shape index (κ3) is 7.98. The van der Waals surface area contributed by atoms with Crippen LogP contribution in [0.5, 0.6) is 0 Å².